The minimum Gasteiger partial charge on any atom is -0.486 e. The first-order valence-corrected chi connectivity index (χ1v) is 4.50. The molecule has 0 spiro atoms. The van der Waals surface area contributed by atoms with Gasteiger partial charge in [0.1, 0.15) is 13.2 Å². The van der Waals surface area contributed by atoms with Crippen LogP contribution in [0.5, 0.6) is 11.5 Å². The fourth-order valence-corrected chi connectivity index (χ4v) is 1.43. The van der Waals surface area contributed by atoms with Crippen molar-refractivity contribution in [1.29, 1.82) is 0 Å². The molecular weight excluding hydrogens is 209 g/mol. The van der Waals surface area contributed by atoms with Gasteiger partial charge < -0.3 is 9.47 Å². The lowest BCUT2D eigenvalue weighted by atomic mass is 10.1. The molecule has 0 radical (unpaired) electrons. The molecule has 0 fully saturated rings. The summed E-state index contributed by atoms with van der Waals surface area (Å²) in [5.41, 5.74) is 0.187. The first-order valence-electron chi connectivity index (χ1n) is 4.50. The van der Waals surface area contributed by atoms with E-state index in [1.54, 1.807) is 0 Å². The summed E-state index contributed by atoms with van der Waals surface area (Å²) in [5, 5.41) is 0. The Morgan fingerprint density at radius 3 is 2.40 bits per heavy atom. The van der Waals surface area contributed by atoms with Crippen LogP contribution in [0.15, 0.2) is 18.2 Å². The van der Waals surface area contributed by atoms with E-state index in [9.17, 15) is 13.2 Å². The fraction of sp³-hybridized carbons (Fsp3) is 0.400. The van der Waals surface area contributed by atoms with Gasteiger partial charge in [-0.1, -0.05) is 6.07 Å². The number of halogens is 3. The minimum atomic E-state index is -4.19. The summed E-state index contributed by atoms with van der Waals surface area (Å²) in [7, 11) is 0. The molecule has 0 aromatic heterocycles. The number of rotatable bonds is 1. The van der Waals surface area contributed by atoms with Crippen LogP contribution in [0, 0.1) is 0 Å². The fourth-order valence-electron chi connectivity index (χ4n) is 1.43. The third kappa shape index (κ3) is 2.55. The van der Waals surface area contributed by atoms with Gasteiger partial charge in [-0.3, -0.25) is 0 Å². The Balaban J connectivity index is 2.21. The van der Waals surface area contributed by atoms with Gasteiger partial charge in [0.15, 0.2) is 11.5 Å². The summed E-state index contributed by atoms with van der Waals surface area (Å²) in [6, 6.07) is 4.29. The van der Waals surface area contributed by atoms with Gasteiger partial charge in [-0.2, -0.15) is 13.2 Å². The second-order valence-electron chi connectivity index (χ2n) is 3.27. The first-order chi connectivity index (χ1) is 7.04. The van der Waals surface area contributed by atoms with Crippen LogP contribution in [-0.2, 0) is 6.42 Å². The predicted octanol–water partition coefficient (Wildman–Crippen LogP) is 2.56. The van der Waals surface area contributed by atoms with Crippen molar-refractivity contribution in [2.24, 2.45) is 0 Å². The molecule has 0 bridgehead atoms. The number of alkyl halides is 3. The normalized spacial score (nSPS) is 15.1. The van der Waals surface area contributed by atoms with E-state index < -0.39 is 12.6 Å². The highest BCUT2D eigenvalue weighted by atomic mass is 19.4. The molecule has 1 aliphatic rings. The maximum atomic E-state index is 12.1. The molecule has 0 aliphatic carbocycles. The van der Waals surface area contributed by atoms with Crippen LogP contribution in [0.25, 0.3) is 0 Å². The lowest BCUT2D eigenvalue weighted by molar-refractivity contribution is -0.127. The largest absolute Gasteiger partial charge is 0.486 e. The molecule has 1 aromatic rings. The second-order valence-corrected chi connectivity index (χ2v) is 3.27. The van der Waals surface area contributed by atoms with Crippen molar-refractivity contribution in [3.63, 3.8) is 0 Å². The summed E-state index contributed by atoms with van der Waals surface area (Å²) >= 11 is 0. The Morgan fingerprint density at radius 2 is 1.73 bits per heavy atom. The second kappa shape index (κ2) is 3.64. The molecule has 0 saturated heterocycles. The van der Waals surface area contributed by atoms with Crippen LogP contribution < -0.4 is 9.47 Å². The molecule has 1 aliphatic heterocycles. The van der Waals surface area contributed by atoms with Crippen molar-refractivity contribution in [3.8, 4) is 11.5 Å². The number of benzene rings is 1. The number of hydrogen-bond acceptors (Lipinski definition) is 2. The number of ether oxygens (including phenoxy) is 2. The highest BCUT2D eigenvalue weighted by molar-refractivity contribution is 5.43. The zero-order chi connectivity index (χ0) is 10.9. The SMILES string of the molecule is FC(F)(F)Cc1ccc2c(c1)OCCO2. The zero-order valence-electron chi connectivity index (χ0n) is 7.80. The summed E-state index contributed by atoms with van der Waals surface area (Å²) in [6.45, 7) is 0.814. The maximum absolute atomic E-state index is 12.1. The van der Waals surface area contributed by atoms with E-state index in [0.717, 1.165) is 0 Å². The average Bonchev–Trinajstić information content (AvgIpc) is 2.15. The third-order valence-electron chi connectivity index (χ3n) is 2.01. The molecule has 15 heavy (non-hydrogen) atoms. The summed E-state index contributed by atoms with van der Waals surface area (Å²) < 4.78 is 46.7. The predicted molar refractivity (Wildman–Crippen MR) is 47.2 cm³/mol. The molecule has 0 amide bonds. The Hall–Kier alpha value is -1.39. The molecule has 1 aromatic carbocycles. The average molecular weight is 218 g/mol. The van der Waals surface area contributed by atoms with Crippen LogP contribution >= 0.6 is 0 Å². The molecule has 0 N–H and O–H groups in total. The van der Waals surface area contributed by atoms with Crippen LogP contribution in [0.2, 0.25) is 0 Å². The van der Waals surface area contributed by atoms with Gasteiger partial charge in [-0.25, -0.2) is 0 Å². The molecule has 2 rings (SSSR count). The van der Waals surface area contributed by atoms with E-state index in [-0.39, 0.29) is 5.56 Å². The minimum absolute atomic E-state index is 0.187. The molecular formula is C10H9F3O2. The highest BCUT2D eigenvalue weighted by Gasteiger charge is 2.28. The topological polar surface area (TPSA) is 18.5 Å². The van der Waals surface area contributed by atoms with Gasteiger partial charge in [0.2, 0.25) is 0 Å². The van der Waals surface area contributed by atoms with E-state index in [1.165, 1.54) is 18.2 Å². The molecule has 82 valence electrons. The van der Waals surface area contributed by atoms with Crippen LogP contribution in [0.3, 0.4) is 0 Å². The van der Waals surface area contributed by atoms with Gasteiger partial charge in [0.05, 0.1) is 6.42 Å². The van der Waals surface area contributed by atoms with Gasteiger partial charge in [-0.15, -0.1) is 0 Å². The first kappa shape index (κ1) is 10.1. The van der Waals surface area contributed by atoms with Crippen molar-refractivity contribution in [2.75, 3.05) is 13.2 Å². The molecule has 5 heteroatoms. The lowest BCUT2D eigenvalue weighted by Gasteiger charge is -2.19. The monoisotopic (exact) mass is 218 g/mol. The quantitative estimate of drug-likeness (QED) is 0.721. The van der Waals surface area contributed by atoms with Gasteiger partial charge in [0.25, 0.3) is 0 Å². The van der Waals surface area contributed by atoms with E-state index in [0.29, 0.717) is 24.7 Å². The van der Waals surface area contributed by atoms with Crippen LogP contribution in [0.4, 0.5) is 13.2 Å². The van der Waals surface area contributed by atoms with E-state index >= 15 is 0 Å². The zero-order valence-corrected chi connectivity index (χ0v) is 7.80. The molecule has 2 nitrogen and oxygen atoms in total. The summed E-state index contributed by atoms with van der Waals surface area (Å²) in [4.78, 5) is 0. The number of hydrogen-bond donors (Lipinski definition) is 0. The maximum Gasteiger partial charge on any atom is 0.393 e. The standard InChI is InChI=1S/C10H9F3O2/c11-10(12,13)6-7-1-2-8-9(5-7)15-4-3-14-8/h1-2,5H,3-4,6H2. The summed E-state index contributed by atoms with van der Waals surface area (Å²) in [5.74, 6) is 0.898. The molecule has 0 atom stereocenters. The van der Waals surface area contributed by atoms with Crippen LogP contribution in [-0.4, -0.2) is 19.4 Å². The number of fused-ring (bicyclic) bond motifs is 1. The Bertz CT molecular complexity index is 360. The lowest BCUT2D eigenvalue weighted by Crippen LogP contribution is -2.16. The molecule has 1 heterocycles. The Kier molecular flexibility index (Phi) is 2.46. The van der Waals surface area contributed by atoms with Gasteiger partial charge >= 0.3 is 6.18 Å². The van der Waals surface area contributed by atoms with Crippen molar-refractivity contribution in [2.45, 2.75) is 12.6 Å². The van der Waals surface area contributed by atoms with Crippen molar-refractivity contribution in [3.05, 3.63) is 23.8 Å². The van der Waals surface area contributed by atoms with E-state index in [4.69, 9.17) is 9.47 Å². The van der Waals surface area contributed by atoms with Crippen molar-refractivity contribution < 1.29 is 22.6 Å². The third-order valence-corrected chi connectivity index (χ3v) is 2.01. The molecule has 0 saturated carbocycles. The van der Waals surface area contributed by atoms with Crippen LogP contribution in [0.1, 0.15) is 5.56 Å². The summed E-state index contributed by atoms with van der Waals surface area (Å²) in [6.07, 6.45) is -5.13. The van der Waals surface area contributed by atoms with Crippen molar-refractivity contribution >= 4 is 0 Å². The Labute approximate surface area is 84.6 Å². The van der Waals surface area contributed by atoms with Gasteiger partial charge in [-0.05, 0) is 17.7 Å². The van der Waals surface area contributed by atoms with Crippen molar-refractivity contribution in [1.82, 2.24) is 0 Å². The molecule has 0 unspecified atom stereocenters. The highest BCUT2D eigenvalue weighted by Crippen LogP contribution is 2.32. The Morgan fingerprint density at radius 1 is 1.07 bits per heavy atom. The van der Waals surface area contributed by atoms with E-state index in [2.05, 4.69) is 0 Å². The smallest absolute Gasteiger partial charge is 0.393 e. The van der Waals surface area contributed by atoms with E-state index in [1.807, 2.05) is 0 Å². The van der Waals surface area contributed by atoms with Gasteiger partial charge in [0, 0.05) is 0 Å².